The minimum Gasteiger partial charge on any atom is -0.385 e. The van der Waals surface area contributed by atoms with Crippen LogP contribution in [-0.4, -0.2) is 45.1 Å². The molecule has 0 saturated heterocycles. The summed E-state index contributed by atoms with van der Waals surface area (Å²) in [5.74, 6) is 0. The fourth-order valence-electron chi connectivity index (χ4n) is 0.682. The number of hydrogen-bond donors (Lipinski definition) is 1. The van der Waals surface area contributed by atoms with E-state index in [1.54, 1.807) is 7.11 Å². The Labute approximate surface area is 78.5 Å². The van der Waals surface area contributed by atoms with Crippen LogP contribution >= 0.6 is 7.60 Å². The Morgan fingerprint density at radius 2 is 1.77 bits per heavy atom. The zero-order valence-corrected chi connectivity index (χ0v) is 8.96. The zero-order chi connectivity index (χ0) is 10.2. The molecule has 0 bridgehead atoms. The first kappa shape index (κ1) is 13.1. The van der Waals surface area contributed by atoms with Crippen LogP contribution in [-0.2, 0) is 18.6 Å². The molecule has 0 aromatic heterocycles. The average Bonchev–Trinajstić information content (AvgIpc) is 2.09. The first-order valence-corrected chi connectivity index (χ1v) is 5.83. The highest BCUT2D eigenvalue weighted by Crippen LogP contribution is 2.41. The molecule has 80 valence electrons. The second kappa shape index (κ2) is 7.47. The topological polar surface area (TPSA) is 65.0 Å². The summed E-state index contributed by atoms with van der Waals surface area (Å²) in [6.07, 6.45) is 0.657. The van der Waals surface area contributed by atoms with Gasteiger partial charge in [0.2, 0.25) is 0 Å². The van der Waals surface area contributed by atoms with Gasteiger partial charge in [0.1, 0.15) is 0 Å². The van der Waals surface area contributed by atoms with Gasteiger partial charge in [-0.25, -0.2) is 0 Å². The Hall–Kier alpha value is 0.0700. The molecule has 0 saturated carbocycles. The van der Waals surface area contributed by atoms with Gasteiger partial charge < -0.3 is 18.9 Å². The normalized spacial score (nSPS) is 15.6. The van der Waals surface area contributed by atoms with Crippen LogP contribution in [0.2, 0.25) is 0 Å². The molecule has 0 aliphatic rings. The molecular formula is C7H17O5P. The van der Waals surface area contributed by atoms with Crippen LogP contribution in [0, 0.1) is 0 Å². The Balaban J connectivity index is 3.45. The molecule has 0 heterocycles. The van der Waals surface area contributed by atoms with Gasteiger partial charge in [-0.1, -0.05) is 0 Å². The molecule has 1 unspecified atom stereocenters. The van der Waals surface area contributed by atoms with Crippen molar-refractivity contribution in [2.45, 2.75) is 6.42 Å². The number of hydrogen-bond acceptors (Lipinski definition) is 4. The van der Waals surface area contributed by atoms with Crippen LogP contribution in [0.1, 0.15) is 6.42 Å². The van der Waals surface area contributed by atoms with Gasteiger partial charge in [0.25, 0.3) is 0 Å². The molecule has 0 aromatic rings. The summed E-state index contributed by atoms with van der Waals surface area (Å²) in [7, 11) is -0.380. The highest BCUT2D eigenvalue weighted by atomic mass is 31.2. The molecular weight excluding hydrogens is 195 g/mol. The predicted octanol–water partition coefficient (Wildman–Crippen LogP) is 0.871. The van der Waals surface area contributed by atoms with E-state index in [0.29, 0.717) is 13.0 Å². The van der Waals surface area contributed by atoms with E-state index < -0.39 is 7.60 Å². The van der Waals surface area contributed by atoms with Crippen molar-refractivity contribution in [3.05, 3.63) is 0 Å². The van der Waals surface area contributed by atoms with Gasteiger partial charge in [-0.15, -0.1) is 0 Å². The van der Waals surface area contributed by atoms with Crippen molar-refractivity contribution >= 4 is 7.60 Å². The molecule has 1 N–H and O–H groups in total. The van der Waals surface area contributed by atoms with E-state index in [-0.39, 0.29) is 19.4 Å². The second-order valence-corrected chi connectivity index (χ2v) is 4.51. The lowest BCUT2D eigenvalue weighted by Crippen LogP contribution is -2.03. The summed E-state index contributed by atoms with van der Waals surface area (Å²) in [5.41, 5.74) is 0. The molecule has 13 heavy (non-hydrogen) atoms. The third-order valence-corrected chi connectivity index (χ3v) is 2.70. The summed E-state index contributed by atoms with van der Waals surface area (Å²) in [5, 5.41) is 0. The van der Waals surface area contributed by atoms with Crippen molar-refractivity contribution < 1.29 is 23.5 Å². The van der Waals surface area contributed by atoms with Crippen LogP contribution in [0.3, 0.4) is 0 Å². The lowest BCUT2D eigenvalue weighted by molar-refractivity contribution is 0.162. The largest absolute Gasteiger partial charge is 0.385 e. The third-order valence-electron chi connectivity index (χ3n) is 1.36. The molecule has 0 fully saturated rings. The lowest BCUT2D eigenvalue weighted by Gasteiger charge is -2.10. The maximum Gasteiger partial charge on any atom is 0.330 e. The fraction of sp³-hybridized carbons (Fsp3) is 1.00. The van der Waals surface area contributed by atoms with Crippen molar-refractivity contribution in [1.82, 2.24) is 0 Å². The summed E-state index contributed by atoms with van der Waals surface area (Å²) in [4.78, 5) is 9.16. The first-order chi connectivity index (χ1) is 6.12. The molecule has 0 spiro atoms. The van der Waals surface area contributed by atoms with Gasteiger partial charge in [0, 0.05) is 20.8 Å². The maximum atomic E-state index is 11.1. The van der Waals surface area contributed by atoms with Gasteiger partial charge in [0.15, 0.2) is 0 Å². The van der Waals surface area contributed by atoms with Crippen molar-refractivity contribution in [1.29, 1.82) is 0 Å². The van der Waals surface area contributed by atoms with Crippen LogP contribution in [0.5, 0.6) is 0 Å². The van der Waals surface area contributed by atoms with Crippen LogP contribution in [0.15, 0.2) is 0 Å². The molecule has 0 aromatic carbocycles. The molecule has 0 aliphatic carbocycles. The van der Waals surface area contributed by atoms with Gasteiger partial charge in [-0.3, -0.25) is 4.57 Å². The highest BCUT2D eigenvalue weighted by Gasteiger charge is 2.17. The van der Waals surface area contributed by atoms with Crippen molar-refractivity contribution in [3.8, 4) is 0 Å². The standard InChI is InChI=1S/C7H17O5P/c1-10-4-3-5-12-13(8,9)7-6-11-2/h3-7H2,1-2H3,(H,8,9). The molecule has 0 radical (unpaired) electrons. The summed E-state index contributed by atoms with van der Waals surface area (Å²) >= 11 is 0. The zero-order valence-electron chi connectivity index (χ0n) is 8.06. The van der Waals surface area contributed by atoms with E-state index >= 15 is 0 Å². The van der Waals surface area contributed by atoms with Crippen molar-refractivity contribution in [3.63, 3.8) is 0 Å². The Bertz CT molecular complexity index is 161. The monoisotopic (exact) mass is 212 g/mol. The van der Waals surface area contributed by atoms with Crippen molar-refractivity contribution in [2.75, 3.05) is 40.2 Å². The summed E-state index contributed by atoms with van der Waals surface area (Å²) in [6, 6.07) is 0. The molecule has 5 nitrogen and oxygen atoms in total. The Kier molecular flexibility index (Phi) is 7.51. The van der Waals surface area contributed by atoms with Gasteiger partial charge in [0.05, 0.1) is 19.4 Å². The molecule has 0 rings (SSSR count). The Morgan fingerprint density at radius 1 is 1.15 bits per heavy atom. The lowest BCUT2D eigenvalue weighted by atomic mass is 10.5. The van der Waals surface area contributed by atoms with Crippen molar-refractivity contribution in [2.24, 2.45) is 0 Å². The van der Waals surface area contributed by atoms with Crippen LogP contribution < -0.4 is 0 Å². The van der Waals surface area contributed by atoms with E-state index in [4.69, 9.17) is 14.2 Å². The summed E-state index contributed by atoms with van der Waals surface area (Å²) < 4.78 is 25.4. The highest BCUT2D eigenvalue weighted by molar-refractivity contribution is 7.52. The second-order valence-electron chi connectivity index (χ2n) is 2.53. The van der Waals surface area contributed by atoms with Gasteiger partial charge in [-0.2, -0.15) is 0 Å². The number of rotatable bonds is 8. The molecule has 6 heteroatoms. The quantitative estimate of drug-likeness (QED) is 0.477. The smallest absolute Gasteiger partial charge is 0.330 e. The Morgan fingerprint density at radius 3 is 2.31 bits per heavy atom. The van der Waals surface area contributed by atoms with Gasteiger partial charge in [-0.05, 0) is 6.42 Å². The van der Waals surface area contributed by atoms with Crippen LogP contribution in [0.4, 0.5) is 0 Å². The van der Waals surface area contributed by atoms with Crippen LogP contribution in [0.25, 0.3) is 0 Å². The van der Waals surface area contributed by atoms with Gasteiger partial charge >= 0.3 is 7.60 Å². The molecule has 1 atom stereocenters. The average molecular weight is 212 g/mol. The SMILES string of the molecule is COCCCOP(=O)(O)CCOC. The minimum absolute atomic E-state index is 0.0382. The molecule has 0 amide bonds. The van der Waals surface area contributed by atoms with E-state index in [9.17, 15) is 4.57 Å². The van der Waals surface area contributed by atoms with E-state index in [1.165, 1.54) is 7.11 Å². The maximum absolute atomic E-state index is 11.1. The summed E-state index contributed by atoms with van der Waals surface area (Å²) in [6.45, 7) is 1.01. The first-order valence-electron chi connectivity index (χ1n) is 4.06. The third kappa shape index (κ3) is 8.40. The minimum atomic E-state index is -3.43. The van der Waals surface area contributed by atoms with E-state index in [0.717, 1.165) is 0 Å². The van der Waals surface area contributed by atoms with E-state index in [1.807, 2.05) is 0 Å². The number of methoxy groups -OCH3 is 2. The van der Waals surface area contributed by atoms with E-state index in [2.05, 4.69) is 4.74 Å². The number of ether oxygens (including phenoxy) is 2. The predicted molar refractivity (Wildman–Crippen MR) is 49.0 cm³/mol. The molecule has 0 aliphatic heterocycles. The fourth-order valence-corrected chi connectivity index (χ4v) is 1.64.